The topological polar surface area (TPSA) is 97.1 Å². The molecular weight excluding hydrogens is 339 g/mol. The predicted molar refractivity (Wildman–Crippen MR) is 90.1 cm³/mol. The van der Waals surface area contributed by atoms with Gasteiger partial charge in [0.1, 0.15) is 5.82 Å². The fraction of sp³-hybridized carbons (Fsp3) is 0.111. The number of rotatable bonds is 5. The van der Waals surface area contributed by atoms with E-state index in [1.807, 2.05) is 0 Å². The van der Waals surface area contributed by atoms with Gasteiger partial charge in [-0.25, -0.2) is 9.37 Å². The molecule has 0 spiro atoms. The molecule has 2 heterocycles. The minimum absolute atomic E-state index is 0.0801. The summed E-state index contributed by atoms with van der Waals surface area (Å²) in [5.74, 6) is -0.313. The zero-order chi connectivity index (χ0) is 18.4. The molecule has 0 bridgehead atoms. The number of amides is 2. The van der Waals surface area contributed by atoms with Crippen LogP contribution in [0.15, 0.2) is 59.4 Å². The number of hydrazine groups is 1. The van der Waals surface area contributed by atoms with Crippen molar-refractivity contribution in [2.45, 2.75) is 12.8 Å². The van der Waals surface area contributed by atoms with E-state index in [1.54, 1.807) is 30.5 Å². The monoisotopic (exact) mass is 354 g/mol. The fourth-order valence-electron chi connectivity index (χ4n) is 2.15. The van der Waals surface area contributed by atoms with Crippen molar-refractivity contribution >= 4 is 11.8 Å². The molecule has 0 aliphatic carbocycles. The number of halogens is 1. The summed E-state index contributed by atoms with van der Waals surface area (Å²) in [4.78, 5) is 31.5. The Balaban J connectivity index is 1.47. The van der Waals surface area contributed by atoms with E-state index >= 15 is 0 Å². The zero-order valence-electron chi connectivity index (χ0n) is 13.6. The Labute approximate surface area is 148 Å². The molecule has 0 radical (unpaired) electrons. The minimum Gasteiger partial charge on any atom is -0.441 e. The van der Waals surface area contributed by atoms with Gasteiger partial charge in [0.05, 0.1) is 11.8 Å². The summed E-state index contributed by atoms with van der Waals surface area (Å²) in [7, 11) is 0. The molecular formula is C18H15FN4O3. The third kappa shape index (κ3) is 4.50. The van der Waals surface area contributed by atoms with Gasteiger partial charge in [-0.1, -0.05) is 0 Å². The Kier molecular flexibility index (Phi) is 5.33. The molecule has 8 heteroatoms. The molecule has 3 aromatic rings. The Morgan fingerprint density at radius 1 is 1.08 bits per heavy atom. The highest BCUT2D eigenvalue weighted by molar-refractivity contribution is 5.95. The number of nitrogens with zero attached hydrogens (tertiary/aromatic N) is 2. The number of hydrogen-bond donors (Lipinski definition) is 2. The Hall–Kier alpha value is -3.55. The largest absolute Gasteiger partial charge is 0.441 e. The van der Waals surface area contributed by atoms with E-state index in [-0.39, 0.29) is 24.6 Å². The van der Waals surface area contributed by atoms with Gasteiger partial charge in [-0.2, -0.15) is 0 Å². The molecule has 7 nitrogen and oxygen atoms in total. The van der Waals surface area contributed by atoms with Crippen LogP contribution in [0.5, 0.6) is 0 Å². The summed E-state index contributed by atoms with van der Waals surface area (Å²) in [5.41, 5.74) is 5.66. The van der Waals surface area contributed by atoms with Gasteiger partial charge in [0.2, 0.25) is 5.91 Å². The molecule has 3 rings (SSSR count). The van der Waals surface area contributed by atoms with Crippen LogP contribution in [0.25, 0.3) is 11.3 Å². The van der Waals surface area contributed by atoms with Crippen molar-refractivity contribution in [2.75, 3.05) is 0 Å². The number of carbonyl (C=O) groups is 2. The molecule has 0 aliphatic rings. The second-order valence-corrected chi connectivity index (χ2v) is 5.37. The first kappa shape index (κ1) is 17.3. The van der Waals surface area contributed by atoms with Crippen LogP contribution in [0.2, 0.25) is 0 Å². The van der Waals surface area contributed by atoms with Crippen molar-refractivity contribution in [1.82, 2.24) is 20.8 Å². The first-order valence-corrected chi connectivity index (χ1v) is 7.81. The summed E-state index contributed by atoms with van der Waals surface area (Å²) in [6.45, 7) is 0. The highest BCUT2D eigenvalue weighted by Crippen LogP contribution is 2.21. The lowest BCUT2D eigenvalue weighted by atomic mass is 10.2. The summed E-state index contributed by atoms with van der Waals surface area (Å²) in [6, 6.07) is 9.03. The summed E-state index contributed by atoms with van der Waals surface area (Å²) in [5, 5.41) is 0. The van der Waals surface area contributed by atoms with Crippen LogP contribution < -0.4 is 10.9 Å². The van der Waals surface area contributed by atoms with Crippen molar-refractivity contribution in [3.63, 3.8) is 0 Å². The summed E-state index contributed by atoms with van der Waals surface area (Å²) < 4.78 is 18.5. The van der Waals surface area contributed by atoms with Crippen LogP contribution in [0.1, 0.15) is 22.7 Å². The van der Waals surface area contributed by atoms with E-state index in [1.165, 1.54) is 24.5 Å². The first-order chi connectivity index (χ1) is 12.6. The highest BCUT2D eigenvalue weighted by atomic mass is 19.1. The van der Waals surface area contributed by atoms with E-state index in [2.05, 4.69) is 20.8 Å². The average Bonchev–Trinajstić information content (AvgIpc) is 3.14. The molecule has 0 saturated heterocycles. The van der Waals surface area contributed by atoms with Gasteiger partial charge in [-0.3, -0.25) is 25.4 Å². The number of benzene rings is 1. The Morgan fingerprint density at radius 3 is 2.62 bits per heavy atom. The molecule has 1 aromatic carbocycles. The first-order valence-electron chi connectivity index (χ1n) is 7.81. The Morgan fingerprint density at radius 2 is 1.88 bits per heavy atom. The van der Waals surface area contributed by atoms with Gasteiger partial charge in [0.15, 0.2) is 11.7 Å². The normalized spacial score (nSPS) is 10.3. The lowest BCUT2D eigenvalue weighted by molar-refractivity contribution is -0.121. The smallest absolute Gasteiger partial charge is 0.271 e. The fourth-order valence-corrected chi connectivity index (χ4v) is 2.15. The predicted octanol–water partition coefficient (Wildman–Crippen LogP) is 2.27. The van der Waals surface area contributed by atoms with Gasteiger partial charge in [-0.05, 0) is 36.4 Å². The molecule has 2 amide bonds. The molecule has 0 aliphatic heterocycles. The maximum atomic E-state index is 12.9. The molecule has 0 saturated carbocycles. The van der Waals surface area contributed by atoms with Crippen LogP contribution >= 0.6 is 0 Å². The number of nitrogens with one attached hydrogen (secondary N) is 2. The molecule has 0 fully saturated rings. The Bertz CT molecular complexity index is 894. The molecule has 26 heavy (non-hydrogen) atoms. The average molecular weight is 354 g/mol. The maximum Gasteiger partial charge on any atom is 0.271 e. The molecule has 2 aromatic heterocycles. The van der Waals surface area contributed by atoms with E-state index in [0.717, 1.165) is 0 Å². The van der Waals surface area contributed by atoms with Crippen molar-refractivity contribution in [3.05, 3.63) is 72.3 Å². The van der Waals surface area contributed by atoms with E-state index in [9.17, 15) is 14.0 Å². The number of hydrogen-bond acceptors (Lipinski definition) is 5. The number of aryl methyl sites for hydroxylation is 1. The quantitative estimate of drug-likeness (QED) is 0.685. The van der Waals surface area contributed by atoms with Crippen molar-refractivity contribution in [1.29, 1.82) is 0 Å². The highest BCUT2D eigenvalue weighted by Gasteiger charge is 2.10. The van der Waals surface area contributed by atoms with E-state index in [0.29, 0.717) is 22.8 Å². The van der Waals surface area contributed by atoms with E-state index in [4.69, 9.17) is 4.42 Å². The third-order valence-corrected chi connectivity index (χ3v) is 3.49. The van der Waals surface area contributed by atoms with Crippen LogP contribution in [0.3, 0.4) is 0 Å². The number of aromatic nitrogens is 2. The third-order valence-electron chi connectivity index (χ3n) is 3.49. The lowest BCUT2D eigenvalue weighted by Crippen LogP contribution is -2.41. The minimum atomic E-state index is -0.457. The summed E-state index contributed by atoms with van der Waals surface area (Å²) >= 11 is 0. The van der Waals surface area contributed by atoms with Gasteiger partial charge in [0, 0.05) is 30.8 Å². The van der Waals surface area contributed by atoms with Crippen LogP contribution in [-0.2, 0) is 11.2 Å². The molecule has 0 unspecified atom stereocenters. The van der Waals surface area contributed by atoms with Crippen LogP contribution in [0.4, 0.5) is 4.39 Å². The van der Waals surface area contributed by atoms with E-state index < -0.39 is 5.91 Å². The number of carbonyl (C=O) groups excluding carboxylic acids is 2. The standard InChI is InChI=1S/C18H15FN4O3/c19-14-5-3-12(4-6-14)15-11-21-17(26-15)8-7-16(24)22-23-18(25)13-2-1-9-20-10-13/h1-6,9-11H,7-8H2,(H,22,24)(H,23,25). The van der Waals surface area contributed by atoms with Gasteiger partial charge in [-0.15, -0.1) is 0 Å². The molecule has 2 N–H and O–H groups in total. The maximum absolute atomic E-state index is 12.9. The second kappa shape index (κ2) is 8.02. The second-order valence-electron chi connectivity index (χ2n) is 5.37. The number of oxazole rings is 1. The summed E-state index contributed by atoms with van der Waals surface area (Å²) in [6.07, 6.45) is 4.80. The zero-order valence-corrected chi connectivity index (χ0v) is 13.6. The van der Waals surface area contributed by atoms with Crippen molar-refractivity contribution < 1.29 is 18.4 Å². The van der Waals surface area contributed by atoms with Crippen LogP contribution in [-0.4, -0.2) is 21.8 Å². The lowest BCUT2D eigenvalue weighted by Gasteiger charge is -2.06. The molecule has 0 atom stereocenters. The number of pyridine rings is 1. The van der Waals surface area contributed by atoms with Crippen molar-refractivity contribution in [2.24, 2.45) is 0 Å². The van der Waals surface area contributed by atoms with Gasteiger partial charge < -0.3 is 4.42 Å². The van der Waals surface area contributed by atoms with Gasteiger partial charge in [0.25, 0.3) is 5.91 Å². The molecule has 132 valence electrons. The van der Waals surface area contributed by atoms with Crippen molar-refractivity contribution in [3.8, 4) is 11.3 Å². The SMILES string of the molecule is O=C(CCc1ncc(-c2ccc(F)cc2)o1)NNC(=O)c1cccnc1. The van der Waals surface area contributed by atoms with Crippen LogP contribution in [0, 0.1) is 5.82 Å². The van der Waals surface area contributed by atoms with Gasteiger partial charge >= 0.3 is 0 Å².